The second-order valence-corrected chi connectivity index (χ2v) is 3.99. The number of rotatable bonds is 4. The summed E-state index contributed by atoms with van der Waals surface area (Å²) in [5.41, 5.74) is 0.0721. The highest BCUT2D eigenvalue weighted by molar-refractivity contribution is 8.03. The molecule has 0 bridgehead atoms. The smallest absolute Gasteiger partial charge is 0.306 e. The van der Waals surface area contributed by atoms with E-state index in [1.165, 1.54) is 18.9 Å². The number of hydrogen-bond donors (Lipinski definition) is 1. The van der Waals surface area contributed by atoms with E-state index in [1.807, 2.05) is 0 Å². The molecule has 0 aromatic rings. The van der Waals surface area contributed by atoms with Gasteiger partial charge in [0.25, 0.3) is 5.70 Å². The molecule has 84 valence electrons. The Bertz CT molecular complexity index is 295. The molecule has 0 aromatic carbocycles. The molecule has 7 heteroatoms. The molecule has 0 aromatic heterocycles. The second-order valence-electron chi connectivity index (χ2n) is 2.88. The van der Waals surface area contributed by atoms with Gasteiger partial charge in [-0.1, -0.05) is 0 Å². The molecular weight excluding hydrogens is 220 g/mol. The molecule has 15 heavy (non-hydrogen) atoms. The van der Waals surface area contributed by atoms with Gasteiger partial charge in [-0.3, -0.25) is 14.9 Å². The maximum atomic E-state index is 10.9. The van der Waals surface area contributed by atoms with Crippen molar-refractivity contribution in [2.45, 2.75) is 12.8 Å². The summed E-state index contributed by atoms with van der Waals surface area (Å²) in [5, 5.41) is 14.2. The van der Waals surface area contributed by atoms with Crippen molar-refractivity contribution in [1.29, 1.82) is 0 Å². The van der Waals surface area contributed by atoms with Crippen LogP contribution in [0, 0.1) is 10.1 Å². The van der Waals surface area contributed by atoms with E-state index < -0.39 is 10.9 Å². The van der Waals surface area contributed by atoms with Gasteiger partial charge in [-0.2, -0.15) is 0 Å². The summed E-state index contributed by atoms with van der Waals surface area (Å²) in [6.45, 7) is 0.732. The number of carbonyl (C=O) groups is 1. The fourth-order valence-corrected chi connectivity index (χ4v) is 2.12. The number of nitro groups is 1. The Hall–Kier alpha value is -1.24. The van der Waals surface area contributed by atoms with Crippen molar-refractivity contribution < 1.29 is 14.5 Å². The third kappa shape index (κ3) is 3.43. The van der Waals surface area contributed by atoms with Gasteiger partial charge in [-0.05, 0) is 0 Å². The first-order valence-corrected chi connectivity index (χ1v) is 5.44. The number of nitrogens with one attached hydrogen (secondary N) is 1. The highest BCUT2D eigenvalue weighted by Gasteiger charge is 2.23. The van der Waals surface area contributed by atoms with Gasteiger partial charge in [0.2, 0.25) is 0 Å². The van der Waals surface area contributed by atoms with Crippen LogP contribution in [-0.2, 0) is 9.53 Å². The van der Waals surface area contributed by atoms with E-state index in [1.54, 1.807) is 0 Å². The highest BCUT2D eigenvalue weighted by atomic mass is 32.2. The molecule has 1 saturated heterocycles. The number of nitrogens with zero attached hydrogens (tertiary/aromatic N) is 1. The van der Waals surface area contributed by atoms with Crippen molar-refractivity contribution in [3.05, 3.63) is 20.8 Å². The number of esters is 1. The second kappa shape index (κ2) is 5.59. The molecule has 0 aliphatic carbocycles. The van der Waals surface area contributed by atoms with Crippen LogP contribution in [-0.4, -0.2) is 30.3 Å². The van der Waals surface area contributed by atoms with Crippen LogP contribution in [0.5, 0.6) is 0 Å². The Labute approximate surface area is 91.2 Å². The van der Waals surface area contributed by atoms with Crippen molar-refractivity contribution in [2.75, 3.05) is 19.4 Å². The lowest BCUT2D eigenvalue weighted by Gasteiger charge is -2.02. The molecule has 1 N–H and O–H groups in total. The minimum absolute atomic E-state index is 0.0402. The molecule has 0 spiro atoms. The zero-order chi connectivity index (χ0) is 11.3. The van der Waals surface area contributed by atoms with E-state index in [0.29, 0.717) is 5.03 Å². The van der Waals surface area contributed by atoms with E-state index in [-0.39, 0.29) is 18.5 Å². The fraction of sp³-hybridized carbons (Fsp3) is 0.625. The number of methoxy groups -OCH3 is 1. The first-order chi connectivity index (χ1) is 7.15. The monoisotopic (exact) mass is 232 g/mol. The van der Waals surface area contributed by atoms with Crippen molar-refractivity contribution >= 4 is 17.7 Å². The van der Waals surface area contributed by atoms with Gasteiger partial charge in [0.1, 0.15) is 5.03 Å². The van der Waals surface area contributed by atoms with Crippen molar-refractivity contribution in [1.82, 2.24) is 5.32 Å². The molecular formula is C8H12N2O4S. The third-order valence-corrected chi connectivity index (χ3v) is 2.99. The van der Waals surface area contributed by atoms with E-state index in [2.05, 4.69) is 10.1 Å². The number of allylic oxidation sites excluding steroid dienone is 1. The molecule has 0 radical (unpaired) electrons. The summed E-state index contributed by atoms with van der Waals surface area (Å²) in [7, 11) is 1.27. The number of thioether (sulfide) groups is 1. The van der Waals surface area contributed by atoms with E-state index >= 15 is 0 Å². The lowest BCUT2D eigenvalue weighted by molar-refractivity contribution is -0.428. The molecule has 1 aliphatic heterocycles. The molecule has 1 fully saturated rings. The summed E-state index contributed by atoms with van der Waals surface area (Å²) in [6, 6.07) is 0. The average Bonchev–Trinajstić information content (AvgIpc) is 2.70. The van der Waals surface area contributed by atoms with Crippen LogP contribution >= 0.6 is 11.8 Å². The Morgan fingerprint density at radius 3 is 2.87 bits per heavy atom. The standard InChI is InChI=1S/C8H12N2O4S/c1-14-7(11)3-2-6(10(12)13)8-9-4-5-15-8/h9H,2-5H2,1H3/b8-6+. The van der Waals surface area contributed by atoms with E-state index in [0.717, 1.165) is 12.3 Å². The first kappa shape index (κ1) is 11.8. The minimum atomic E-state index is -0.441. The summed E-state index contributed by atoms with van der Waals surface area (Å²) in [6.07, 6.45) is 0.146. The predicted octanol–water partition coefficient (Wildman–Crippen LogP) is 0.722. The molecule has 1 heterocycles. The number of ether oxygens (including phenoxy) is 1. The summed E-state index contributed by atoms with van der Waals surface area (Å²) >= 11 is 1.41. The zero-order valence-electron chi connectivity index (χ0n) is 8.32. The number of carbonyl (C=O) groups excluding carboxylic acids is 1. The van der Waals surface area contributed by atoms with E-state index in [4.69, 9.17) is 0 Å². The minimum Gasteiger partial charge on any atom is -0.469 e. The Morgan fingerprint density at radius 2 is 2.40 bits per heavy atom. The Balaban J connectivity index is 2.63. The van der Waals surface area contributed by atoms with Gasteiger partial charge in [0, 0.05) is 12.3 Å². The molecule has 0 unspecified atom stereocenters. The molecule has 1 aliphatic rings. The first-order valence-electron chi connectivity index (χ1n) is 4.46. The van der Waals surface area contributed by atoms with Crippen LogP contribution in [0.4, 0.5) is 0 Å². The Morgan fingerprint density at radius 1 is 1.67 bits per heavy atom. The van der Waals surface area contributed by atoms with Gasteiger partial charge in [-0.25, -0.2) is 0 Å². The number of hydrogen-bond acceptors (Lipinski definition) is 6. The van der Waals surface area contributed by atoms with Crippen LogP contribution in [0.1, 0.15) is 12.8 Å². The Kier molecular flexibility index (Phi) is 4.41. The summed E-state index contributed by atoms with van der Waals surface area (Å²) in [5.74, 6) is 0.392. The van der Waals surface area contributed by atoms with Crippen LogP contribution in [0.15, 0.2) is 10.7 Å². The van der Waals surface area contributed by atoms with Gasteiger partial charge >= 0.3 is 5.97 Å². The summed E-state index contributed by atoms with van der Waals surface area (Å²) < 4.78 is 4.43. The molecule has 0 saturated carbocycles. The summed E-state index contributed by atoms with van der Waals surface area (Å²) in [4.78, 5) is 21.1. The fourth-order valence-electron chi connectivity index (χ4n) is 1.16. The van der Waals surface area contributed by atoms with Gasteiger partial charge in [0.15, 0.2) is 0 Å². The molecule has 0 amide bonds. The van der Waals surface area contributed by atoms with Crippen molar-refractivity contribution in [2.24, 2.45) is 0 Å². The van der Waals surface area contributed by atoms with Crippen LogP contribution in [0.2, 0.25) is 0 Å². The lowest BCUT2D eigenvalue weighted by Crippen LogP contribution is -2.13. The largest absolute Gasteiger partial charge is 0.469 e. The third-order valence-electron chi connectivity index (χ3n) is 1.91. The van der Waals surface area contributed by atoms with Crippen molar-refractivity contribution in [3.8, 4) is 0 Å². The molecule has 6 nitrogen and oxygen atoms in total. The predicted molar refractivity (Wildman–Crippen MR) is 55.7 cm³/mol. The van der Waals surface area contributed by atoms with Gasteiger partial charge in [0.05, 0.1) is 24.9 Å². The van der Waals surface area contributed by atoms with Gasteiger partial charge in [-0.15, -0.1) is 11.8 Å². The highest BCUT2D eigenvalue weighted by Crippen LogP contribution is 2.24. The zero-order valence-corrected chi connectivity index (χ0v) is 9.13. The SMILES string of the molecule is COC(=O)CC/C(=C1/NCCS1)[N+](=O)[O-]. The van der Waals surface area contributed by atoms with Crippen molar-refractivity contribution in [3.63, 3.8) is 0 Å². The van der Waals surface area contributed by atoms with Crippen LogP contribution in [0.25, 0.3) is 0 Å². The molecule has 1 rings (SSSR count). The van der Waals surface area contributed by atoms with Gasteiger partial charge < -0.3 is 10.1 Å². The molecule has 0 atom stereocenters. The average molecular weight is 232 g/mol. The maximum absolute atomic E-state index is 10.9. The lowest BCUT2D eigenvalue weighted by atomic mass is 10.2. The topological polar surface area (TPSA) is 81.5 Å². The van der Waals surface area contributed by atoms with Crippen LogP contribution < -0.4 is 5.32 Å². The normalized spacial score (nSPS) is 18.2. The van der Waals surface area contributed by atoms with E-state index in [9.17, 15) is 14.9 Å². The van der Waals surface area contributed by atoms with Crippen LogP contribution in [0.3, 0.4) is 0 Å². The maximum Gasteiger partial charge on any atom is 0.306 e. The quantitative estimate of drug-likeness (QED) is 0.437.